The van der Waals surface area contributed by atoms with Gasteiger partial charge in [-0.05, 0) is 89.0 Å². The first kappa shape index (κ1) is 29.2. The zero-order valence-electron chi connectivity index (χ0n) is 24.2. The third-order valence-corrected chi connectivity index (χ3v) is 10.3. The molecule has 0 spiro atoms. The average molecular weight is 568 g/mol. The monoisotopic (exact) mass is 567 g/mol. The number of ether oxygens (including phenoxy) is 3. The predicted molar refractivity (Wildman–Crippen MR) is 149 cm³/mol. The number of nitrogens with one attached hydrogen (secondary N) is 2. The smallest absolute Gasteiger partial charge is 0.309 e. The Bertz CT molecular complexity index is 1220. The molecule has 4 aliphatic carbocycles. The molecule has 0 saturated heterocycles. The molecule has 4 saturated carbocycles. The van der Waals surface area contributed by atoms with Crippen molar-refractivity contribution in [2.75, 3.05) is 20.8 Å². The number of aliphatic carboxylic acids is 1. The first-order valence-electron chi connectivity index (χ1n) is 14.8. The van der Waals surface area contributed by atoms with E-state index in [-0.39, 0.29) is 69.9 Å². The van der Waals surface area contributed by atoms with E-state index in [4.69, 9.17) is 14.2 Å². The molecule has 10 nitrogen and oxygen atoms in total. The molecule has 2 amide bonds. The van der Waals surface area contributed by atoms with Gasteiger partial charge in [0.2, 0.25) is 5.91 Å². The van der Waals surface area contributed by atoms with E-state index >= 15 is 0 Å². The van der Waals surface area contributed by atoms with Crippen molar-refractivity contribution >= 4 is 17.8 Å². The predicted octanol–water partition coefficient (Wildman–Crippen LogP) is 3.81. The lowest BCUT2D eigenvalue weighted by molar-refractivity contribution is -0.150. The van der Waals surface area contributed by atoms with Crippen molar-refractivity contribution in [2.45, 2.75) is 88.9 Å². The molecule has 2 bridgehead atoms. The second-order valence-electron chi connectivity index (χ2n) is 12.7. The summed E-state index contributed by atoms with van der Waals surface area (Å²) in [7, 11) is 3.14. The van der Waals surface area contributed by atoms with Gasteiger partial charge in [0.15, 0.2) is 0 Å². The second kappa shape index (κ2) is 11.5. The minimum atomic E-state index is -0.814. The fourth-order valence-corrected chi connectivity index (χ4v) is 7.33. The third kappa shape index (κ3) is 5.61. The molecule has 4 unspecified atom stereocenters. The Hall–Kier alpha value is -3.32. The van der Waals surface area contributed by atoms with Gasteiger partial charge in [0.05, 0.1) is 41.3 Å². The molecule has 1 aromatic rings. The van der Waals surface area contributed by atoms with Gasteiger partial charge in [-0.1, -0.05) is 0 Å². The van der Waals surface area contributed by atoms with Crippen LogP contribution >= 0.6 is 0 Å². The highest BCUT2D eigenvalue weighted by molar-refractivity contribution is 5.98. The molecule has 0 heterocycles. The van der Waals surface area contributed by atoms with E-state index < -0.39 is 11.4 Å². The Kier molecular flexibility index (Phi) is 8.20. The topological polar surface area (TPSA) is 147 Å². The molecular formula is C31H41N3O7. The molecule has 4 fully saturated rings. The first-order chi connectivity index (χ1) is 19.6. The average Bonchev–Trinajstić information content (AvgIpc) is 3.55. The van der Waals surface area contributed by atoms with Crippen LogP contribution in [0, 0.1) is 34.5 Å². The molecule has 4 aliphatic rings. The van der Waals surface area contributed by atoms with Crippen molar-refractivity contribution in [3.05, 3.63) is 23.3 Å². The summed E-state index contributed by atoms with van der Waals surface area (Å²) in [5.41, 5.74) is -0.579. The number of rotatable bonds is 10. The largest absolute Gasteiger partial charge is 0.496 e. The number of carbonyl (C=O) groups excluding carboxylic acids is 2. The van der Waals surface area contributed by atoms with Crippen LogP contribution in [0.5, 0.6) is 11.5 Å². The van der Waals surface area contributed by atoms with Crippen LogP contribution in [-0.2, 0) is 14.3 Å². The number of hydrogen-bond donors (Lipinski definition) is 3. The lowest BCUT2D eigenvalue weighted by Crippen LogP contribution is -2.54. The number of fused-ring (bicyclic) bond motifs is 2. The van der Waals surface area contributed by atoms with Gasteiger partial charge in [-0.2, -0.15) is 5.26 Å². The number of nitrogens with zero attached hydrogens (tertiary/aromatic N) is 1. The van der Waals surface area contributed by atoms with Crippen LogP contribution in [0.3, 0.4) is 0 Å². The van der Waals surface area contributed by atoms with Crippen LogP contribution in [-0.4, -0.2) is 61.4 Å². The Balaban J connectivity index is 1.31. The third-order valence-electron chi connectivity index (χ3n) is 10.3. The van der Waals surface area contributed by atoms with Gasteiger partial charge in [-0.25, -0.2) is 0 Å². The number of hydrogen-bond acceptors (Lipinski definition) is 7. The summed E-state index contributed by atoms with van der Waals surface area (Å²) in [4.78, 5) is 38.7. The number of carbonyl (C=O) groups is 3. The van der Waals surface area contributed by atoms with Crippen molar-refractivity contribution in [2.24, 2.45) is 23.2 Å². The Morgan fingerprint density at radius 3 is 2.34 bits per heavy atom. The van der Waals surface area contributed by atoms with E-state index in [9.17, 15) is 24.8 Å². The lowest BCUT2D eigenvalue weighted by atomic mass is 9.75. The van der Waals surface area contributed by atoms with Crippen molar-refractivity contribution in [3.8, 4) is 17.6 Å². The molecule has 0 radical (unpaired) electrons. The maximum Gasteiger partial charge on any atom is 0.309 e. The van der Waals surface area contributed by atoms with Gasteiger partial charge in [0.1, 0.15) is 17.6 Å². The van der Waals surface area contributed by atoms with E-state index in [1.165, 1.54) is 13.2 Å². The summed E-state index contributed by atoms with van der Waals surface area (Å²) < 4.78 is 17.3. The fraction of sp³-hybridized carbons (Fsp3) is 0.677. The Morgan fingerprint density at radius 1 is 1.05 bits per heavy atom. The molecule has 3 N–H and O–H groups in total. The molecule has 41 heavy (non-hydrogen) atoms. The molecule has 0 aliphatic heterocycles. The zero-order chi connectivity index (χ0) is 29.4. The molecule has 10 heteroatoms. The van der Waals surface area contributed by atoms with Crippen LogP contribution in [0.15, 0.2) is 12.1 Å². The fourth-order valence-electron chi connectivity index (χ4n) is 7.33. The summed E-state index contributed by atoms with van der Waals surface area (Å²) in [5.74, 6) is -0.545. The number of amides is 2. The molecule has 222 valence electrons. The minimum absolute atomic E-state index is 0.0349. The maximum absolute atomic E-state index is 13.7. The molecule has 0 aromatic heterocycles. The van der Waals surface area contributed by atoms with E-state index in [1.54, 1.807) is 20.1 Å². The minimum Gasteiger partial charge on any atom is -0.496 e. The normalized spacial score (nSPS) is 31.4. The van der Waals surface area contributed by atoms with Gasteiger partial charge >= 0.3 is 5.97 Å². The summed E-state index contributed by atoms with van der Waals surface area (Å²) in [5, 5.41) is 25.6. The van der Waals surface area contributed by atoms with Crippen LogP contribution in [0.4, 0.5) is 0 Å². The number of nitriles is 1. The molecule has 1 aromatic carbocycles. The van der Waals surface area contributed by atoms with Gasteiger partial charge in [0, 0.05) is 25.8 Å². The highest BCUT2D eigenvalue weighted by Crippen LogP contribution is 2.49. The lowest BCUT2D eigenvalue weighted by Gasteiger charge is -2.41. The van der Waals surface area contributed by atoms with Crippen molar-refractivity contribution < 1.29 is 33.7 Å². The van der Waals surface area contributed by atoms with E-state index in [1.807, 2.05) is 0 Å². The molecular weight excluding hydrogens is 526 g/mol. The molecule has 4 atom stereocenters. The Morgan fingerprint density at radius 2 is 1.76 bits per heavy atom. The van der Waals surface area contributed by atoms with Gasteiger partial charge < -0.3 is 30.0 Å². The highest BCUT2D eigenvalue weighted by atomic mass is 16.5. The first-order valence-corrected chi connectivity index (χ1v) is 14.8. The van der Waals surface area contributed by atoms with Crippen LogP contribution in [0.1, 0.15) is 87.1 Å². The van der Waals surface area contributed by atoms with Gasteiger partial charge in [-0.15, -0.1) is 0 Å². The number of carboxylic acids is 1. The van der Waals surface area contributed by atoms with Crippen molar-refractivity contribution in [3.63, 3.8) is 0 Å². The number of benzene rings is 1. The van der Waals surface area contributed by atoms with Crippen molar-refractivity contribution in [1.82, 2.24) is 10.6 Å². The van der Waals surface area contributed by atoms with E-state index in [2.05, 4.69) is 16.7 Å². The number of methoxy groups -OCH3 is 2. The SMILES string of the molecule is COc1cc(C#N)c(OC2CCC(C)(C(=O)O)CC2)cc1C(=O)NC1C2CCC(C2)C1C(=O)NCC1(OC)CCC1. The van der Waals surface area contributed by atoms with E-state index in [0.29, 0.717) is 32.2 Å². The summed E-state index contributed by atoms with van der Waals surface area (Å²) in [6, 6.07) is 4.87. The summed E-state index contributed by atoms with van der Waals surface area (Å²) in [6.07, 6.45) is 7.57. The van der Waals surface area contributed by atoms with Gasteiger partial charge in [0.25, 0.3) is 5.91 Å². The van der Waals surface area contributed by atoms with Crippen LogP contribution in [0.25, 0.3) is 0 Å². The quantitative estimate of drug-likeness (QED) is 0.387. The Labute approximate surface area is 241 Å². The van der Waals surface area contributed by atoms with E-state index in [0.717, 1.165) is 38.5 Å². The van der Waals surface area contributed by atoms with Gasteiger partial charge in [-0.3, -0.25) is 14.4 Å². The summed E-state index contributed by atoms with van der Waals surface area (Å²) in [6.45, 7) is 2.22. The summed E-state index contributed by atoms with van der Waals surface area (Å²) >= 11 is 0. The second-order valence-corrected chi connectivity index (χ2v) is 12.7. The standard InChI is InChI=1S/C31H41N3O7/c1-30(29(37)38)11-7-21(8-12-30)41-23-15-22(24(39-2)14-20(23)16-32)27(35)34-26-19-6-5-18(13-19)25(26)28(36)33-17-31(40-3)9-4-10-31/h14-15,18-19,21,25-26H,4-13,17H2,1-3H3,(H,33,36)(H,34,35)(H,37,38). The highest BCUT2D eigenvalue weighted by Gasteiger charge is 2.52. The molecule has 5 rings (SSSR count). The van der Waals surface area contributed by atoms with Crippen LogP contribution in [0.2, 0.25) is 0 Å². The van der Waals surface area contributed by atoms with Crippen molar-refractivity contribution in [1.29, 1.82) is 5.26 Å². The number of carboxylic acid groups (broad SMARTS) is 1. The maximum atomic E-state index is 13.7. The van der Waals surface area contributed by atoms with Crippen LogP contribution < -0.4 is 20.1 Å². The zero-order valence-corrected chi connectivity index (χ0v) is 24.2.